The molecule has 0 radical (unpaired) electrons. The highest BCUT2D eigenvalue weighted by Crippen LogP contribution is 2.31. The molecule has 6 nitrogen and oxygen atoms in total. The Labute approximate surface area is 115 Å². The first-order chi connectivity index (χ1) is 8.94. The maximum atomic E-state index is 12.1. The van der Waals surface area contributed by atoms with Crippen LogP contribution >= 0.6 is 0 Å². The lowest BCUT2D eigenvalue weighted by Gasteiger charge is -2.22. The second-order valence-electron chi connectivity index (χ2n) is 5.62. The van der Waals surface area contributed by atoms with E-state index in [-0.39, 0.29) is 19.0 Å². The molecule has 1 aliphatic heterocycles. The maximum absolute atomic E-state index is 12.1. The van der Waals surface area contributed by atoms with Gasteiger partial charge >= 0.3 is 0 Å². The van der Waals surface area contributed by atoms with Gasteiger partial charge in [0.1, 0.15) is 0 Å². The molecule has 1 heterocycles. The molecule has 0 unspecified atom stereocenters. The van der Waals surface area contributed by atoms with Crippen LogP contribution in [0.15, 0.2) is 0 Å². The highest BCUT2D eigenvalue weighted by Gasteiger charge is 2.39. The van der Waals surface area contributed by atoms with Gasteiger partial charge in [-0.2, -0.15) is 22.7 Å². The molecular formula is C12H22N4O2S. The molecule has 0 aromatic carbocycles. The predicted molar refractivity (Wildman–Crippen MR) is 72.5 cm³/mol. The molecule has 1 saturated heterocycles. The molecule has 1 N–H and O–H groups in total. The Morgan fingerprint density at radius 2 is 2.11 bits per heavy atom. The van der Waals surface area contributed by atoms with Crippen LogP contribution in [0.25, 0.3) is 0 Å². The fourth-order valence-corrected chi connectivity index (χ4v) is 3.71. The summed E-state index contributed by atoms with van der Waals surface area (Å²) in [5, 5.41) is 8.51. The van der Waals surface area contributed by atoms with Gasteiger partial charge in [-0.3, -0.25) is 4.90 Å². The molecule has 2 fully saturated rings. The quantitative estimate of drug-likeness (QED) is 0.754. The number of rotatable bonds is 6. The van der Waals surface area contributed by atoms with Crippen LogP contribution in [-0.2, 0) is 10.2 Å². The molecule has 2 rings (SSSR count). The monoisotopic (exact) mass is 286 g/mol. The standard InChI is InChI=1S/C12H22N4O2S/c1-10-8-16(11-4-5-11)9-12(10)14-19(17,18)15(2)7-3-6-13/h10-12,14H,3-5,7-9H2,1-2H3/t10-,12+/m0/s1. The largest absolute Gasteiger partial charge is 0.298 e. The number of likely N-dealkylation sites (tertiary alicyclic amines) is 1. The minimum atomic E-state index is -3.47. The molecule has 0 aromatic heterocycles. The number of nitriles is 1. The molecular weight excluding hydrogens is 264 g/mol. The van der Waals surface area contributed by atoms with Crippen LogP contribution in [-0.4, -0.2) is 56.4 Å². The number of hydrogen-bond donors (Lipinski definition) is 1. The Bertz CT molecular complexity index is 455. The van der Waals surface area contributed by atoms with Gasteiger partial charge in [0.25, 0.3) is 10.2 Å². The van der Waals surface area contributed by atoms with Crippen molar-refractivity contribution in [1.29, 1.82) is 5.26 Å². The van der Waals surface area contributed by atoms with Gasteiger partial charge in [0.05, 0.1) is 6.07 Å². The van der Waals surface area contributed by atoms with Crippen molar-refractivity contribution in [2.75, 3.05) is 26.7 Å². The van der Waals surface area contributed by atoms with Crippen molar-refractivity contribution in [3.05, 3.63) is 0 Å². The van der Waals surface area contributed by atoms with Crippen LogP contribution in [0.3, 0.4) is 0 Å². The predicted octanol–water partition coefficient (Wildman–Crippen LogP) is 0.149. The third kappa shape index (κ3) is 3.66. The van der Waals surface area contributed by atoms with E-state index in [1.165, 1.54) is 24.2 Å². The first-order valence-corrected chi connectivity index (χ1v) is 8.22. The molecule has 0 bridgehead atoms. The highest BCUT2D eigenvalue weighted by atomic mass is 32.2. The Morgan fingerprint density at radius 3 is 2.68 bits per heavy atom. The van der Waals surface area contributed by atoms with E-state index in [4.69, 9.17) is 5.26 Å². The van der Waals surface area contributed by atoms with E-state index >= 15 is 0 Å². The van der Waals surface area contributed by atoms with Crippen molar-refractivity contribution in [2.45, 2.75) is 38.3 Å². The Balaban J connectivity index is 1.90. The van der Waals surface area contributed by atoms with Crippen LogP contribution in [0.5, 0.6) is 0 Å². The van der Waals surface area contributed by atoms with Gasteiger partial charge < -0.3 is 0 Å². The second-order valence-corrected chi connectivity index (χ2v) is 7.43. The summed E-state index contributed by atoms with van der Waals surface area (Å²) in [4.78, 5) is 2.38. The number of hydrogen-bond acceptors (Lipinski definition) is 4. The summed E-state index contributed by atoms with van der Waals surface area (Å²) in [6.45, 7) is 4.10. The van der Waals surface area contributed by atoms with Gasteiger partial charge in [0.15, 0.2) is 0 Å². The van der Waals surface area contributed by atoms with Gasteiger partial charge in [-0.25, -0.2) is 0 Å². The van der Waals surface area contributed by atoms with Crippen molar-refractivity contribution in [1.82, 2.24) is 13.9 Å². The maximum Gasteiger partial charge on any atom is 0.279 e. The Hall–Kier alpha value is -0.680. The SMILES string of the molecule is C[C@H]1CN(C2CC2)C[C@H]1NS(=O)(=O)N(C)CCC#N. The van der Waals surface area contributed by atoms with Gasteiger partial charge in [-0.05, 0) is 18.8 Å². The summed E-state index contributed by atoms with van der Waals surface area (Å²) in [6, 6.07) is 2.62. The summed E-state index contributed by atoms with van der Waals surface area (Å²) in [6.07, 6.45) is 2.70. The zero-order valence-corrected chi connectivity index (χ0v) is 12.4. The van der Waals surface area contributed by atoms with Crippen LogP contribution in [0.1, 0.15) is 26.2 Å². The lowest BCUT2D eigenvalue weighted by Crippen LogP contribution is -2.46. The van der Waals surface area contributed by atoms with Gasteiger partial charge in [0.2, 0.25) is 0 Å². The normalized spacial score (nSPS) is 28.7. The van der Waals surface area contributed by atoms with Crippen molar-refractivity contribution >= 4 is 10.2 Å². The van der Waals surface area contributed by atoms with Gasteiger partial charge in [-0.15, -0.1) is 0 Å². The average molecular weight is 286 g/mol. The van der Waals surface area contributed by atoms with Gasteiger partial charge in [-0.1, -0.05) is 6.92 Å². The van der Waals surface area contributed by atoms with E-state index in [1.807, 2.05) is 6.07 Å². The Morgan fingerprint density at radius 1 is 1.42 bits per heavy atom. The van der Waals surface area contributed by atoms with E-state index in [2.05, 4.69) is 16.5 Å². The lowest BCUT2D eigenvalue weighted by molar-refractivity contribution is 0.315. The van der Waals surface area contributed by atoms with Crippen LogP contribution < -0.4 is 4.72 Å². The first kappa shape index (κ1) is 14.7. The summed E-state index contributed by atoms with van der Waals surface area (Å²) in [5.41, 5.74) is 0. The van der Waals surface area contributed by atoms with Crippen LogP contribution in [0.2, 0.25) is 0 Å². The topological polar surface area (TPSA) is 76.4 Å². The minimum Gasteiger partial charge on any atom is -0.298 e. The molecule has 0 spiro atoms. The molecule has 2 aliphatic rings. The Kier molecular flexibility index (Phi) is 4.46. The minimum absolute atomic E-state index is 0.0184. The molecule has 1 aliphatic carbocycles. The third-order valence-corrected chi connectivity index (χ3v) is 5.56. The molecule has 1 saturated carbocycles. The van der Waals surface area contributed by atoms with E-state index < -0.39 is 10.2 Å². The summed E-state index contributed by atoms with van der Waals surface area (Å²) in [7, 11) is -1.96. The number of nitrogens with zero attached hydrogens (tertiary/aromatic N) is 3. The van der Waals surface area contributed by atoms with Crippen molar-refractivity contribution in [2.24, 2.45) is 5.92 Å². The van der Waals surface area contributed by atoms with Crippen molar-refractivity contribution < 1.29 is 8.42 Å². The van der Waals surface area contributed by atoms with E-state index in [0.717, 1.165) is 13.1 Å². The van der Waals surface area contributed by atoms with E-state index in [9.17, 15) is 8.42 Å². The van der Waals surface area contributed by atoms with Crippen LogP contribution in [0.4, 0.5) is 0 Å². The fraction of sp³-hybridized carbons (Fsp3) is 0.917. The zero-order valence-electron chi connectivity index (χ0n) is 11.5. The lowest BCUT2D eigenvalue weighted by atomic mass is 10.1. The highest BCUT2D eigenvalue weighted by molar-refractivity contribution is 7.87. The fourth-order valence-electron chi connectivity index (χ4n) is 2.50. The third-order valence-electron chi connectivity index (χ3n) is 3.95. The second kappa shape index (κ2) is 5.75. The molecule has 0 amide bonds. The average Bonchev–Trinajstić information content (AvgIpc) is 3.13. The van der Waals surface area contributed by atoms with Crippen molar-refractivity contribution in [3.63, 3.8) is 0 Å². The number of nitrogens with one attached hydrogen (secondary N) is 1. The summed E-state index contributed by atoms with van der Waals surface area (Å²) in [5.74, 6) is 0.333. The molecule has 108 valence electrons. The molecule has 7 heteroatoms. The smallest absolute Gasteiger partial charge is 0.279 e. The summed E-state index contributed by atoms with van der Waals surface area (Å²) < 4.78 is 28.2. The van der Waals surface area contributed by atoms with Crippen molar-refractivity contribution in [3.8, 4) is 6.07 Å². The van der Waals surface area contributed by atoms with E-state index in [1.54, 1.807) is 0 Å². The molecule has 0 aromatic rings. The first-order valence-electron chi connectivity index (χ1n) is 6.78. The summed E-state index contributed by atoms with van der Waals surface area (Å²) >= 11 is 0. The van der Waals surface area contributed by atoms with Crippen LogP contribution in [0, 0.1) is 17.2 Å². The van der Waals surface area contributed by atoms with E-state index in [0.29, 0.717) is 12.0 Å². The molecule has 2 atom stereocenters. The zero-order chi connectivity index (χ0) is 14.0. The molecule has 19 heavy (non-hydrogen) atoms. The van der Waals surface area contributed by atoms with Gasteiger partial charge in [0, 0.05) is 45.2 Å².